The van der Waals surface area contributed by atoms with E-state index in [2.05, 4.69) is 34.3 Å². The molecule has 1 atom stereocenters. The maximum absolute atomic E-state index is 11.2. The number of benzene rings is 2. The summed E-state index contributed by atoms with van der Waals surface area (Å²) in [6.07, 6.45) is 2.10. The lowest BCUT2D eigenvalue weighted by Crippen LogP contribution is -2.39. The number of hydrogen-bond acceptors (Lipinski definition) is 4. The van der Waals surface area contributed by atoms with Gasteiger partial charge in [0, 0.05) is 37.1 Å². The Bertz CT molecular complexity index is 895. The SMILES string of the molecule is CC(=O)Oc1ccc(C(c2c[nH]c3ccccc23)N2CCOCC2)cc1. The van der Waals surface area contributed by atoms with Crippen LogP contribution in [0.4, 0.5) is 0 Å². The lowest BCUT2D eigenvalue weighted by molar-refractivity contribution is -0.131. The molecule has 0 bridgehead atoms. The molecular weight excluding hydrogens is 328 g/mol. The molecule has 26 heavy (non-hydrogen) atoms. The molecule has 5 nitrogen and oxygen atoms in total. The summed E-state index contributed by atoms with van der Waals surface area (Å²) >= 11 is 0. The summed E-state index contributed by atoms with van der Waals surface area (Å²) < 4.78 is 10.7. The van der Waals surface area contributed by atoms with Gasteiger partial charge < -0.3 is 14.5 Å². The zero-order valence-electron chi connectivity index (χ0n) is 14.8. The number of hydrogen-bond donors (Lipinski definition) is 1. The van der Waals surface area contributed by atoms with E-state index in [1.807, 2.05) is 30.3 Å². The van der Waals surface area contributed by atoms with Crippen molar-refractivity contribution in [3.63, 3.8) is 0 Å². The molecular formula is C21H22N2O3. The van der Waals surface area contributed by atoms with Crippen molar-refractivity contribution >= 4 is 16.9 Å². The van der Waals surface area contributed by atoms with Gasteiger partial charge in [-0.3, -0.25) is 9.69 Å². The number of esters is 1. The number of aromatic amines is 1. The lowest BCUT2D eigenvalue weighted by atomic mass is 9.96. The summed E-state index contributed by atoms with van der Waals surface area (Å²) in [5, 5.41) is 1.23. The number of rotatable bonds is 4. The molecule has 134 valence electrons. The number of morpholine rings is 1. The van der Waals surface area contributed by atoms with E-state index in [0.29, 0.717) is 5.75 Å². The first-order valence-corrected chi connectivity index (χ1v) is 8.88. The molecule has 1 saturated heterocycles. The monoisotopic (exact) mass is 350 g/mol. The molecule has 1 aliphatic rings. The van der Waals surface area contributed by atoms with Crippen LogP contribution in [0, 0.1) is 0 Å². The topological polar surface area (TPSA) is 54.6 Å². The smallest absolute Gasteiger partial charge is 0.308 e. The molecule has 1 aromatic heterocycles. The van der Waals surface area contributed by atoms with E-state index < -0.39 is 0 Å². The Morgan fingerprint density at radius 1 is 1.12 bits per heavy atom. The molecule has 1 N–H and O–H groups in total. The van der Waals surface area contributed by atoms with Crippen molar-refractivity contribution in [3.8, 4) is 5.75 Å². The van der Waals surface area contributed by atoms with Crippen molar-refractivity contribution in [3.05, 3.63) is 65.9 Å². The fourth-order valence-corrected chi connectivity index (χ4v) is 3.63. The summed E-state index contributed by atoms with van der Waals surface area (Å²) in [6, 6.07) is 16.3. The van der Waals surface area contributed by atoms with Gasteiger partial charge in [-0.2, -0.15) is 0 Å². The number of carbonyl (C=O) groups excluding carboxylic acids is 1. The minimum atomic E-state index is -0.306. The first kappa shape index (κ1) is 16.8. The molecule has 3 aromatic rings. The molecule has 1 unspecified atom stereocenters. The van der Waals surface area contributed by atoms with Crippen LogP contribution in [0.15, 0.2) is 54.7 Å². The summed E-state index contributed by atoms with van der Waals surface area (Å²) in [5.41, 5.74) is 3.56. The fraction of sp³-hybridized carbons (Fsp3) is 0.286. The highest BCUT2D eigenvalue weighted by Gasteiger charge is 2.26. The second-order valence-corrected chi connectivity index (χ2v) is 6.50. The number of aromatic nitrogens is 1. The van der Waals surface area contributed by atoms with Gasteiger partial charge >= 0.3 is 5.97 Å². The number of ether oxygens (including phenoxy) is 2. The van der Waals surface area contributed by atoms with Crippen LogP contribution in [0.5, 0.6) is 5.75 Å². The van der Waals surface area contributed by atoms with E-state index in [9.17, 15) is 4.79 Å². The first-order chi connectivity index (χ1) is 12.7. The zero-order chi connectivity index (χ0) is 17.9. The van der Waals surface area contributed by atoms with E-state index in [1.54, 1.807) is 0 Å². The molecule has 1 aliphatic heterocycles. The van der Waals surface area contributed by atoms with Gasteiger partial charge in [0.25, 0.3) is 0 Å². The van der Waals surface area contributed by atoms with Crippen LogP contribution in [0.3, 0.4) is 0 Å². The predicted molar refractivity (Wildman–Crippen MR) is 100 cm³/mol. The second-order valence-electron chi connectivity index (χ2n) is 6.50. The highest BCUT2D eigenvalue weighted by Crippen LogP contribution is 2.34. The van der Waals surface area contributed by atoms with E-state index in [-0.39, 0.29) is 12.0 Å². The number of fused-ring (bicyclic) bond motifs is 1. The van der Waals surface area contributed by atoms with Gasteiger partial charge in [-0.15, -0.1) is 0 Å². The van der Waals surface area contributed by atoms with Gasteiger partial charge in [-0.25, -0.2) is 0 Å². The third kappa shape index (κ3) is 3.36. The summed E-state index contributed by atoms with van der Waals surface area (Å²) in [4.78, 5) is 17.0. The van der Waals surface area contributed by atoms with Gasteiger partial charge in [0.2, 0.25) is 0 Å². The highest BCUT2D eigenvalue weighted by molar-refractivity contribution is 5.84. The Labute approximate surface area is 152 Å². The van der Waals surface area contributed by atoms with Crippen LogP contribution in [0.1, 0.15) is 24.1 Å². The number of nitrogens with one attached hydrogen (secondary N) is 1. The molecule has 5 heteroatoms. The Hall–Kier alpha value is -2.63. The van der Waals surface area contributed by atoms with Crippen LogP contribution in [-0.2, 0) is 9.53 Å². The number of nitrogens with zero attached hydrogens (tertiary/aromatic N) is 1. The summed E-state index contributed by atoms with van der Waals surface area (Å²) in [6.45, 7) is 4.66. The van der Waals surface area contributed by atoms with Crippen LogP contribution in [0.2, 0.25) is 0 Å². The van der Waals surface area contributed by atoms with Crippen molar-refractivity contribution in [1.29, 1.82) is 0 Å². The normalized spacial score (nSPS) is 16.5. The third-order valence-electron chi connectivity index (χ3n) is 4.78. The zero-order valence-corrected chi connectivity index (χ0v) is 14.8. The average molecular weight is 350 g/mol. The van der Waals surface area contributed by atoms with Crippen LogP contribution in [0.25, 0.3) is 10.9 Å². The highest BCUT2D eigenvalue weighted by atomic mass is 16.5. The van der Waals surface area contributed by atoms with Crippen LogP contribution in [-0.4, -0.2) is 42.2 Å². The van der Waals surface area contributed by atoms with Gasteiger partial charge in [-0.05, 0) is 29.3 Å². The van der Waals surface area contributed by atoms with Crippen molar-refractivity contribution < 1.29 is 14.3 Å². The quantitative estimate of drug-likeness (QED) is 0.578. The maximum atomic E-state index is 11.2. The molecule has 4 rings (SSSR count). The van der Waals surface area contributed by atoms with Crippen molar-refractivity contribution in [2.75, 3.05) is 26.3 Å². The fourth-order valence-electron chi connectivity index (χ4n) is 3.63. The van der Waals surface area contributed by atoms with E-state index in [0.717, 1.165) is 31.8 Å². The van der Waals surface area contributed by atoms with Gasteiger partial charge in [0.05, 0.1) is 19.3 Å². The van der Waals surface area contributed by atoms with Crippen LogP contribution >= 0.6 is 0 Å². The van der Waals surface area contributed by atoms with Gasteiger partial charge in [0.15, 0.2) is 0 Å². The standard InChI is InChI=1S/C21H22N2O3/c1-15(24)26-17-8-6-16(7-9-17)21(23-10-12-25-13-11-23)19-14-22-20-5-3-2-4-18(19)20/h2-9,14,21-22H,10-13H2,1H3. The van der Waals surface area contributed by atoms with E-state index >= 15 is 0 Å². The molecule has 0 aliphatic carbocycles. The molecule has 0 radical (unpaired) electrons. The number of para-hydroxylation sites is 1. The minimum Gasteiger partial charge on any atom is -0.427 e. The molecule has 0 spiro atoms. The Balaban J connectivity index is 1.74. The average Bonchev–Trinajstić information content (AvgIpc) is 3.08. The molecule has 2 aromatic carbocycles. The minimum absolute atomic E-state index is 0.126. The Kier molecular flexibility index (Phi) is 4.73. The molecule has 2 heterocycles. The summed E-state index contributed by atoms with van der Waals surface area (Å²) in [7, 11) is 0. The van der Waals surface area contributed by atoms with Gasteiger partial charge in [0.1, 0.15) is 5.75 Å². The molecule has 1 fully saturated rings. The van der Waals surface area contributed by atoms with Crippen molar-refractivity contribution in [1.82, 2.24) is 9.88 Å². The number of carbonyl (C=O) groups is 1. The van der Waals surface area contributed by atoms with Crippen molar-refractivity contribution in [2.45, 2.75) is 13.0 Å². The lowest BCUT2D eigenvalue weighted by Gasteiger charge is -2.35. The largest absolute Gasteiger partial charge is 0.427 e. The molecule has 0 saturated carbocycles. The van der Waals surface area contributed by atoms with E-state index in [4.69, 9.17) is 9.47 Å². The van der Waals surface area contributed by atoms with Crippen LogP contribution < -0.4 is 4.74 Å². The molecule has 0 amide bonds. The number of H-pyrrole nitrogens is 1. The predicted octanol–water partition coefficient (Wildman–Crippen LogP) is 3.51. The summed E-state index contributed by atoms with van der Waals surface area (Å²) in [5.74, 6) is 0.264. The second kappa shape index (κ2) is 7.32. The van der Waals surface area contributed by atoms with Crippen molar-refractivity contribution in [2.24, 2.45) is 0 Å². The van der Waals surface area contributed by atoms with Gasteiger partial charge in [-0.1, -0.05) is 30.3 Å². The Morgan fingerprint density at radius 3 is 2.58 bits per heavy atom. The maximum Gasteiger partial charge on any atom is 0.308 e. The van der Waals surface area contributed by atoms with E-state index in [1.165, 1.54) is 23.4 Å². The Morgan fingerprint density at radius 2 is 1.85 bits per heavy atom. The first-order valence-electron chi connectivity index (χ1n) is 8.88. The third-order valence-corrected chi connectivity index (χ3v) is 4.78.